The van der Waals surface area contributed by atoms with Crippen molar-refractivity contribution in [3.8, 4) is 0 Å². The SMILES string of the molecule is ClC(Cl)(Cl)C1=[NH+]CC(CBr)N1. The third-order valence-corrected chi connectivity index (χ3v) is 2.69. The van der Waals surface area contributed by atoms with Gasteiger partial charge < -0.3 is 0 Å². The van der Waals surface area contributed by atoms with Crippen LogP contribution in [0.4, 0.5) is 0 Å². The molecule has 1 aliphatic rings. The molecule has 0 aromatic carbocycles. The number of hydrogen-bond donors (Lipinski definition) is 2. The fourth-order valence-corrected chi connectivity index (χ4v) is 1.56. The van der Waals surface area contributed by atoms with E-state index in [-0.39, 0.29) is 0 Å². The monoisotopic (exact) mass is 279 g/mol. The lowest BCUT2D eigenvalue weighted by Gasteiger charge is -2.06. The van der Waals surface area contributed by atoms with E-state index >= 15 is 0 Å². The zero-order valence-corrected chi connectivity index (χ0v) is 9.36. The Bertz CT molecular complexity index is 177. The lowest BCUT2D eigenvalue weighted by Crippen LogP contribution is -2.73. The van der Waals surface area contributed by atoms with E-state index in [1.807, 2.05) is 0 Å². The van der Waals surface area contributed by atoms with Crippen LogP contribution in [0, 0.1) is 0 Å². The molecule has 1 aliphatic heterocycles. The number of alkyl halides is 4. The number of halogens is 4. The summed E-state index contributed by atoms with van der Waals surface area (Å²) in [6, 6.07) is 0.306. The molecule has 0 saturated heterocycles. The third-order valence-electron chi connectivity index (χ3n) is 1.34. The van der Waals surface area contributed by atoms with Crippen molar-refractivity contribution in [3.05, 3.63) is 0 Å². The van der Waals surface area contributed by atoms with Gasteiger partial charge in [0.2, 0.25) is 0 Å². The highest BCUT2D eigenvalue weighted by molar-refractivity contribution is 9.09. The molecule has 11 heavy (non-hydrogen) atoms. The predicted molar refractivity (Wildman–Crippen MR) is 51.8 cm³/mol. The van der Waals surface area contributed by atoms with Crippen LogP contribution in [-0.4, -0.2) is 27.5 Å². The first kappa shape index (κ1) is 9.90. The molecule has 2 nitrogen and oxygen atoms in total. The van der Waals surface area contributed by atoms with E-state index in [9.17, 15) is 0 Å². The number of hydrogen-bond acceptors (Lipinski definition) is 1. The lowest BCUT2D eigenvalue weighted by atomic mass is 10.4. The average Bonchev–Trinajstić information content (AvgIpc) is 2.32. The molecule has 1 rings (SSSR count). The topological polar surface area (TPSA) is 26.0 Å². The molecule has 0 amide bonds. The first-order valence-electron chi connectivity index (χ1n) is 3.04. The summed E-state index contributed by atoms with van der Waals surface area (Å²) >= 11 is 20.2. The van der Waals surface area contributed by atoms with E-state index in [0.29, 0.717) is 11.9 Å². The Morgan fingerprint density at radius 1 is 1.64 bits per heavy atom. The Labute approximate surface area is 88.4 Å². The zero-order chi connectivity index (χ0) is 8.48. The second-order valence-electron chi connectivity index (χ2n) is 2.25. The Morgan fingerprint density at radius 3 is 2.55 bits per heavy atom. The molecule has 0 aromatic rings. The van der Waals surface area contributed by atoms with Crippen molar-refractivity contribution in [2.45, 2.75) is 9.83 Å². The molecule has 0 bridgehead atoms. The predicted octanol–water partition coefficient (Wildman–Crippen LogP) is 0.202. The molecular weight excluding hydrogens is 274 g/mol. The molecule has 0 saturated carbocycles. The molecule has 0 aliphatic carbocycles. The van der Waals surface area contributed by atoms with Crippen LogP contribution in [0.1, 0.15) is 0 Å². The summed E-state index contributed by atoms with van der Waals surface area (Å²) in [6.45, 7) is 0.786. The molecule has 2 N–H and O–H groups in total. The van der Waals surface area contributed by atoms with Crippen LogP contribution in [-0.2, 0) is 0 Å². The molecule has 0 radical (unpaired) electrons. The summed E-state index contributed by atoms with van der Waals surface area (Å²) in [5.41, 5.74) is 0. The van der Waals surface area contributed by atoms with Crippen LogP contribution in [0.15, 0.2) is 0 Å². The van der Waals surface area contributed by atoms with Gasteiger partial charge in [-0.05, 0) is 0 Å². The van der Waals surface area contributed by atoms with Gasteiger partial charge in [-0.25, -0.2) is 0 Å². The largest absolute Gasteiger partial charge is 0.296 e. The van der Waals surface area contributed by atoms with Crippen molar-refractivity contribution in [2.75, 3.05) is 11.9 Å². The lowest BCUT2D eigenvalue weighted by molar-refractivity contribution is -0.449. The maximum Gasteiger partial charge on any atom is 0.296 e. The van der Waals surface area contributed by atoms with Gasteiger partial charge in [-0.3, -0.25) is 10.3 Å². The van der Waals surface area contributed by atoms with Crippen molar-refractivity contribution in [1.82, 2.24) is 5.32 Å². The Kier molecular flexibility index (Phi) is 3.32. The fourth-order valence-electron chi connectivity index (χ4n) is 0.807. The molecule has 0 spiro atoms. The molecule has 64 valence electrons. The fraction of sp³-hybridized carbons (Fsp3) is 0.800. The van der Waals surface area contributed by atoms with Crippen LogP contribution in [0.5, 0.6) is 0 Å². The zero-order valence-electron chi connectivity index (χ0n) is 5.50. The first-order valence-corrected chi connectivity index (χ1v) is 5.30. The highest BCUT2D eigenvalue weighted by Crippen LogP contribution is 2.25. The number of rotatable bonds is 1. The van der Waals surface area contributed by atoms with Crippen LogP contribution < -0.4 is 10.3 Å². The summed E-state index contributed by atoms with van der Waals surface area (Å²) < 4.78 is -1.35. The summed E-state index contributed by atoms with van der Waals surface area (Å²) in [4.78, 5) is 2.98. The van der Waals surface area contributed by atoms with E-state index in [2.05, 4.69) is 26.2 Å². The van der Waals surface area contributed by atoms with Crippen molar-refractivity contribution < 1.29 is 4.99 Å². The highest BCUT2D eigenvalue weighted by atomic mass is 79.9. The summed E-state index contributed by atoms with van der Waals surface area (Å²) in [5.74, 6) is 0.562. The smallest absolute Gasteiger partial charge is 0.270 e. The maximum atomic E-state index is 5.62. The van der Waals surface area contributed by atoms with Crippen LogP contribution in [0.25, 0.3) is 0 Å². The van der Waals surface area contributed by atoms with Gasteiger partial charge in [0.25, 0.3) is 9.63 Å². The molecule has 1 unspecified atom stereocenters. The second-order valence-corrected chi connectivity index (χ2v) is 5.18. The van der Waals surface area contributed by atoms with Crippen LogP contribution >= 0.6 is 50.7 Å². The van der Waals surface area contributed by atoms with Gasteiger partial charge in [0, 0.05) is 5.33 Å². The normalized spacial score (nSPS) is 24.7. The Morgan fingerprint density at radius 2 is 2.27 bits per heavy atom. The first-order chi connectivity index (χ1) is 5.04. The van der Waals surface area contributed by atoms with E-state index in [4.69, 9.17) is 34.8 Å². The third kappa shape index (κ3) is 2.65. The van der Waals surface area contributed by atoms with Gasteiger partial charge in [-0.15, -0.1) is 0 Å². The van der Waals surface area contributed by atoms with Crippen LogP contribution in [0.2, 0.25) is 0 Å². The molecule has 0 fully saturated rings. The second kappa shape index (κ2) is 3.69. The standard InChI is InChI=1S/C5H6BrCl3N2/c6-1-3-2-10-4(11-3)5(7,8)9/h3H,1-2H2,(H,10,11)/p+1. The van der Waals surface area contributed by atoms with Crippen LogP contribution in [0.3, 0.4) is 0 Å². The average molecular weight is 281 g/mol. The summed E-state index contributed by atoms with van der Waals surface area (Å²) in [6.07, 6.45) is 0. The van der Waals surface area contributed by atoms with Gasteiger partial charge in [0.1, 0.15) is 12.6 Å². The summed E-state index contributed by atoms with van der Waals surface area (Å²) in [5, 5.41) is 3.88. The van der Waals surface area contributed by atoms with Gasteiger partial charge >= 0.3 is 0 Å². The minimum atomic E-state index is -1.35. The molecule has 0 aromatic heterocycles. The van der Waals surface area contributed by atoms with E-state index in [1.54, 1.807) is 0 Å². The van der Waals surface area contributed by atoms with E-state index in [0.717, 1.165) is 11.9 Å². The molecule has 6 heteroatoms. The Hall–Kier alpha value is 0.820. The van der Waals surface area contributed by atoms with Gasteiger partial charge in [0.05, 0.1) is 0 Å². The van der Waals surface area contributed by atoms with Gasteiger partial charge in [0.15, 0.2) is 0 Å². The number of nitrogens with one attached hydrogen (secondary N) is 2. The molecular formula is C5H7BrCl3N2+. The summed E-state index contributed by atoms with van der Waals surface area (Å²) in [7, 11) is 0. The highest BCUT2D eigenvalue weighted by Gasteiger charge is 2.39. The Balaban J connectivity index is 2.53. The van der Waals surface area contributed by atoms with E-state index < -0.39 is 3.79 Å². The van der Waals surface area contributed by atoms with Crippen molar-refractivity contribution in [3.63, 3.8) is 0 Å². The molecule has 1 heterocycles. The van der Waals surface area contributed by atoms with Crippen molar-refractivity contribution in [2.24, 2.45) is 0 Å². The number of amidine groups is 1. The van der Waals surface area contributed by atoms with Gasteiger partial charge in [-0.1, -0.05) is 50.7 Å². The minimum absolute atomic E-state index is 0.306. The van der Waals surface area contributed by atoms with Crippen molar-refractivity contribution in [1.29, 1.82) is 0 Å². The minimum Gasteiger partial charge on any atom is -0.270 e. The van der Waals surface area contributed by atoms with Crippen molar-refractivity contribution >= 4 is 56.6 Å². The van der Waals surface area contributed by atoms with Gasteiger partial charge in [-0.2, -0.15) is 0 Å². The molecule has 1 atom stereocenters. The van der Waals surface area contributed by atoms with E-state index in [1.165, 1.54) is 0 Å². The maximum absolute atomic E-state index is 5.62. The quantitative estimate of drug-likeness (QED) is 0.660.